The number of carboxylic acid groups (broad SMARTS) is 1. The highest BCUT2D eigenvalue weighted by molar-refractivity contribution is 5.86. The number of aliphatic carboxylic acids is 1. The van der Waals surface area contributed by atoms with E-state index in [2.05, 4.69) is 5.32 Å². The first-order valence-electron chi connectivity index (χ1n) is 5.98. The van der Waals surface area contributed by atoms with E-state index < -0.39 is 23.9 Å². The number of carbonyl (C=O) groups excluding carboxylic acids is 2. The lowest BCUT2D eigenvalue weighted by Crippen LogP contribution is -2.50. The summed E-state index contributed by atoms with van der Waals surface area (Å²) < 4.78 is 0. The van der Waals surface area contributed by atoms with Gasteiger partial charge in [0.1, 0.15) is 12.6 Å². The Morgan fingerprint density at radius 2 is 1.94 bits per heavy atom. The van der Waals surface area contributed by atoms with E-state index in [1.165, 1.54) is 4.90 Å². The number of primary amides is 1. The van der Waals surface area contributed by atoms with Crippen molar-refractivity contribution in [1.82, 2.24) is 10.2 Å². The predicted octanol–water partition coefficient (Wildman–Crippen LogP) is 0.147. The largest absolute Gasteiger partial charge is 0.480 e. The standard InChI is InChI=1S/C11H21N3O4/c1-3-5-6-8(10(16)17)13-11(18)14(4-2)7-9(12)15/h8H,3-7H2,1-2H3,(H2,12,15)(H,13,18)(H,16,17)/t8-/m0/s1. The Bertz CT molecular complexity index is 307. The third kappa shape index (κ3) is 6.07. The quantitative estimate of drug-likeness (QED) is 0.575. The molecule has 0 aliphatic rings. The summed E-state index contributed by atoms with van der Waals surface area (Å²) in [7, 11) is 0. The highest BCUT2D eigenvalue weighted by atomic mass is 16.4. The molecule has 7 nitrogen and oxygen atoms in total. The summed E-state index contributed by atoms with van der Waals surface area (Å²) in [5, 5.41) is 11.3. The normalized spacial score (nSPS) is 11.7. The van der Waals surface area contributed by atoms with Crippen molar-refractivity contribution in [2.24, 2.45) is 5.73 Å². The number of unbranched alkanes of at least 4 members (excludes halogenated alkanes) is 1. The number of nitrogens with one attached hydrogen (secondary N) is 1. The molecule has 0 aromatic rings. The lowest BCUT2D eigenvalue weighted by atomic mass is 10.1. The lowest BCUT2D eigenvalue weighted by Gasteiger charge is -2.22. The van der Waals surface area contributed by atoms with Gasteiger partial charge in [-0.2, -0.15) is 0 Å². The van der Waals surface area contributed by atoms with Gasteiger partial charge in [0, 0.05) is 6.54 Å². The maximum absolute atomic E-state index is 11.7. The molecule has 104 valence electrons. The lowest BCUT2D eigenvalue weighted by molar-refractivity contribution is -0.139. The molecule has 0 bridgehead atoms. The zero-order chi connectivity index (χ0) is 14.1. The molecule has 0 heterocycles. The number of likely N-dealkylation sites (N-methyl/N-ethyl adjacent to an activating group) is 1. The van der Waals surface area contributed by atoms with Gasteiger partial charge < -0.3 is 21.1 Å². The number of amides is 3. The van der Waals surface area contributed by atoms with Crippen LogP contribution in [0.25, 0.3) is 0 Å². The van der Waals surface area contributed by atoms with E-state index in [0.29, 0.717) is 12.8 Å². The van der Waals surface area contributed by atoms with Gasteiger partial charge in [-0.15, -0.1) is 0 Å². The van der Waals surface area contributed by atoms with Crippen molar-refractivity contribution < 1.29 is 19.5 Å². The molecule has 0 aliphatic heterocycles. The van der Waals surface area contributed by atoms with Crippen LogP contribution in [0.3, 0.4) is 0 Å². The molecule has 0 aromatic carbocycles. The Balaban J connectivity index is 4.46. The van der Waals surface area contributed by atoms with Gasteiger partial charge in [-0.3, -0.25) is 4.79 Å². The van der Waals surface area contributed by atoms with E-state index in [-0.39, 0.29) is 13.1 Å². The first-order chi connectivity index (χ1) is 8.42. The molecular weight excluding hydrogens is 238 g/mol. The van der Waals surface area contributed by atoms with Crippen LogP contribution in [-0.2, 0) is 9.59 Å². The summed E-state index contributed by atoms with van der Waals surface area (Å²) in [5.41, 5.74) is 5.00. The minimum Gasteiger partial charge on any atom is -0.480 e. The van der Waals surface area contributed by atoms with Gasteiger partial charge in [0.05, 0.1) is 0 Å². The fourth-order valence-electron chi connectivity index (χ4n) is 1.42. The molecule has 0 saturated heterocycles. The molecule has 7 heteroatoms. The highest BCUT2D eigenvalue weighted by Gasteiger charge is 2.22. The van der Waals surface area contributed by atoms with Crippen LogP contribution in [0.4, 0.5) is 4.79 Å². The average Bonchev–Trinajstić information content (AvgIpc) is 2.30. The van der Waals surface area contributed by atoms with Gasteiger partial charge in [-0.1, -0.05) is 19.8 Å². The number of hydrogen-bond donors (Lipinski definition) is 3. The average molecular weight is 259 g/mol. The van der Waals surface area contributed by atoms with Gasteiger partial charge in [-0.25, -0.2) is 9.59 Å². The van der Waals surface area contributed by atoms with Crippen LogP contribution in [0.2, 0.25) is 0 Å². The molecule has 0 spiro atoms. The molecule has 0 unspecified atom stereocenters. The van der Waals surface area contributed by atoms with Crippen molar-refractivity contribution in [3.05, 3.63) is 0 Å². The zero-order valence-electron chi connectivity index (χ0n) is 10.8. The van der Waals surface area contributed by atoms with Gasteiger partial charge >= 0.3 is 12.0 Å². The predicted molar refractivity (Wildman–Crippen MR) is 65.9 cm³/mol. The summed E-state index contributed by atoms with van der Waals surface area (Å²) in [6, 6.07) is -1.51. The van der Waals surface area contributed by atoms with Crippen LogP contribution < -0.4 is 11.1 Å². The third-order valence-corrected chi connectivity index (χ3v) is 2.46. The Morgan fingerprint density at radius 1 is 1.33 bits per heavy atom. The van der Waals surface area contributed by atoms with Crippen molar-refractivity contribution >= 4 is 17.9 Å². The minimum atomic E-state index is -1.08. The fourth-order valence-corrected chi connectivity index (χ4v) is 1.42. The van der Waals surface area contributed by atoms with Gasteiger partial charge in [0.2, 0.25) is 5.91 Å². The molecule has 0 rings (SSSR count). The molecular formula is C11H21N3O4. The molecule has 4 N–H and O–H groups in total. The maximum atomic E-state index is 11.7. The molecule has 0 saturated carbocycles. The van der Waals surface area contributed by atoms with Crippen LogP contribution in [0.15, 0.2) is 0 Å². The second-order valence-electron chi connectivity index (χ2n) is 3.96. The molecule has 0 aliphatic carbocycles. The van der Waals surface area contributed by atoms with Crippen LogP contribution in [0.1, 0.15) is 33.1 Å². The number of urea groups is 1. The first kappa shape index (κ1) is 16.2. The summed E-state index contributed by atoms with van der Waals surface area (Å²) in [4.78, 5) is 34.6. The van der Waals surface area contributed by atoms with Crippen LogP contribution in [0, 0.1) is 0 Å². The smallest absolute Gasteiger partial charge is 0.326 e. The fraction of sp³-hybridized carbons (Fsp3) is 0.727. The molecule has 0 aromatic heterocycles. The third-order valence-electron chi connectivity index (χ3n) is 2.46. The second-order valence-corrected chi connectivity index (χ2v) is 3.96. The van der Waals surface area contributed by atoms with E-state index in [0.717, 1.165) is 6.42 Å². The van der Waals surface area contributed by atoms with E-state index in [1.807, 2.05) is 6.92 Å². The van der Waals surface area contributed by atoms with E-state index in [1.54, 1.807) is 6.92 Å². The summed E-state index contributed by atoms with van der Waals surface area (Å²) in [6.45, 7) is 3.69. The summed E-state index contributed by atoms with van der Waals surface area (Å²) in [5.74, 6) is -1.71. The van der Waals surface area contributed by atoms with Crippen molar-refractivity contribution in [2.45, 2.75) is 39.2 Å². The topological polar surface area (TPSA) is 113 Å². The van der Waals surface area contributed by atoms with Crippen molar-refractivity contribution in [1.29, 1.82) is 0 Å². The SMILES string of the molecule is CCCC[C@H](NC(=O)N(CC)CC(N)=O)C(=O)O. The number of rotatable bonds is 8. The van der Waals surface area contributed by atoms with Crippen LogP contribution in [0.5, 0.6) is 0 Å². The van der Waals surface area contributed by atoms with Crippen molar-refractivity contribution in [3.63, 3.8) is 0 Å². The summed E-state index contributed by atoms with van der Waals surface area (Å²) in [6.07, 6.45) is 1.92. The molecule has 18 heavy (non-hydrogen) atoms. The van der Waals surface area contributed by atoms with E-state index in [9.17, 15) is 14.4 Å². The van der Waals surface area contributed by atoms with Crippen LogP contribution in [-0.4, -0.2) is 47.0 Å². The molecule has 1 atom stereocenters. The monoisotopic (exact) mass is 259 g/mol. The number of nitrogens with two attached hydrogens (primary N) is 1. The van der Waals surface area contributed by atoms with E-state index >= 15 is 0 Å². The number of hydrogen-bond acceptors (Lipinski definition) is 3. The van der Waals surface area contributed by atoms with Crippen molar-refractivity contribution in [2.75, 3.05) is 13.1 Å². The van der Waals surface area contributed by atoms with Gasteiger partial charge in [-0.05, 0) is 13.3 Å². The number of carboxylic acids is 1. The van der Waals surface area contributed by atoms with Gasteiger partial charge in [0.25, 0.3) is 0 Å². The van der Waals surface area contributed by atoms with Crippen LogP contribution >= 0.6 is 0 Å². The Morgan fingerprint density at radius 3 is 2.33 bits per heavy atom. The maximum Gasteiger partial charge on any atom is 0.326 e. The molecule has 3 amide bonds. The molecule has 0 radical (unpaired) electrons. The first-order valence-corrected chi connectivity index (χ1v) is 5.98. The Hall–Kier alpha value is -1.79. The van der Waals surface area contributed by atoms with E-state index in [4.69, 9.17) is 10.8 Å². The van der Waals surface area contributed by atoms with Crippen molar-refractivity contribution in [3.8, 4) is 0 Å². The Kier molecular flexibility index (Phi) is 7.50. The summed E-state index contributed by atoms with van der Waals surface area (Å²) >= 11 is 0. The highest BCUT2D eigenvalue weighted by Crippen LogP contribution is 2.02. The zero-order valence-corrected chi connectivity index (χ0v) is 10.8. The number of nitrogens with zero attached hydrogens (tertiary/aromatic N) is 1. The second kappa shape index (κ2) is 8.32. The number of carbonyl (C=O) groups is 3. The Labute approximate surface area is 106 Å². The molecule has 0 fully saturated rings. The van der Waals surface area contributed by atoms with Gasteiger partial charge in [0.15, 0.2) is 0 Å². The minimum absolute atomic E-state index is 0.220.